The molecule has 1 N–H and O–H groups in total. The van der Waals surface area contributed by atoms with Crippen LogP contribution < -0.4 is 0 Å². The molecular weight excluding hydrogens is 151 g/mol. The van der Waals surface area contributed by atoms with Crippen LogP contribution in [0.4, 0.5) is 0 Å². The maximum absolute atomic E-state index is 10.3. The molecule has 0 aromatic carbocycles. The standard InChI is InChI=1S/C5H8O4.Al.3H/c1-3(6)5(8)9-4(2)7;;;;/h3,6H,1-2H3;;;;. The van der Waals surface area contributed by atoms with Gasteiger partial charge in [0.2, 0.25) is 0 Å². The van der Waals surface area contributed by atoms with E-state index in [0.29, 0.717) is 0 Å². The topological polar surface area (TPSA) is 63.6 Å². The van der Waals surface area contributed by atoms with Gasteiger partial charge in [-0.25, -0.2) is 4.79 Å². The van der Waals surface area contributed by atoms with Gasteiger partial charge in [0.15, 0.2) is 17.4 Å². The predicted molar refractivity (Wildman–Crippen MR) is 38.4 cm³/mol. The highest BCUT2D eigenvalue weighted by atomic mass is 27.0. The molecule has 0 spiro atoms. The van der Waals surface area contributed by atoms with Crippen molar-refractivity contribution in [3.63, 3.8) is 0 Å². The first-order valence-electron chi connectivity index (χ1n) is 2.44. The van der Waals surface area contributed by atoms with Gasteiger partial charge in [0.1, 0.15) is 6.10 Å². The van der Waals surface area contributed by atoms with Crippen molar-refractivity contribution in [2.45, 2.75) is 20.0 Å². The molecule has 1 atom stereocenters. The summed E-state index contributed by atoms with van der Waals surface area (Å²) in [5.74, 6) is -1.62. The molecule has 4 nitrogen and oxygen atoms in total. The lowest BCUT2D eigenvalue weighted by atomic mass is 10.4. The molecule has 0 radical (unpaired) electrons. The molecule has 0 rings (SSSR count). The van der Waals surface area contributed by atoms with E-state index in [0.717, 1.165) is 6.92 Å². The van der Waals surface area contributed by atoms with E-state index in [9.17, 15) is 9.59 Å². The normalized spacial score (nSPS) is 11.1. The van der Waals surface area contributed by atoms with Crippen LogP contribution in [0, 0.1) is 0 Å². The van der Waals surface area contributed by atoms with E-state index in [1.54, 1.807) is 0 Å². The summed E-state index contributed by atoms with van der Waals surface area (Å²) in [5.41, 5.74) is 0. The van der Waals surface area contributed by atoms with Gasteiger partial charge in [-0.15, -0.1) is 0 Å². The van der Waals surface area contributed by atoms with Crippen molar-refractivity contribution in [2.24, 2.45) is 0 Å². The van der Waals surface area contributed by atoms with E-state index in [1.165, 1.54) is 6.92 Å². The molecule has 5 heteroatoms. The highest BCUT2D eigenvalue weighted by Crippen LogP contribution is 1.85. The van der Waals surface area contributed by atoms with Gasteiger partial charge in [-0.2, -0.15) is 0 Å². The molecule has 58 valence electrons. The van der Waals surface area contributed by atoms with Gasteiger partial charge in [0.05, 0.1) is 0 Å². The minimum absolute atomic E-state index is 0. The van der Waals surface area contributed by atoms with Gasteiger partial charge in [0, 0.05) is 6.92 Å². The molecule has 0 bridgehead atoms. The average Bonchev–Trinajstić information content (AvgIpc) is 1.63. The van der Waals surface area contributed by atoms with Gasteiger partial charge < -0.3 is 9.84 Å². The SMILES string of the molecule is CC(=O)OC(=O)C(C)O.[AlH3]. The fraction of sp³-hybridized carbons (Fsp3) is 0.600. The van der Waals surface area contributed by atoms with Gasteiger partial charge in [0.25, 0.3) is 0 Å². The zero-order valence-electron chi connectivity index (χ0n) is 5.25. The molecule has 0 aliphatic heterocycles. The van der Waals surface area contributed by atoms with E-state index in [4.69, 9.17) is 5.11 Å². The van der Waals surface area contributed by atoms with Gasteiger partial charge in [-0.05, 0) is 6.92 Å². The second-order valence-electron chi connectivity index (χ2n) is 1.59. The number of rotatable bonds is 1. The van der Waals surface area contributed by atoms with Crippen LogP contribution in [0.25, 0.3) is 0 Å². The molecule has 10 heavy (non-hydrogen) atoms. The number of hydrogen-bond donors (Lipinski definition) is 1. The zero-order valence-corrected chi connectivity index (χ0v) is 5.25. The van der Waals surface area contributed by atoms with Crippen LogP contribution in [0.1, 0.15) is 13.8 Å². The van der Waals surface area contributed by atoms with E-state index >= 15 is 0 Å². The van der Waals surface area contributed by atoms with E-state index in [1.807, 2.05) is 0 Å². The van der Waals surface area contributed by atoms with Crippen molar-refractivity contribution in [3.05, 3.63) is 0 Å². The summed E-state index contributed by atoms with van der Waals surface area (Å²) >= 11 is 0. The molecular formula is C5H11AlO4. The monoisotopic (exact) mass is 162 g/mol. The second-order valence-corrected chi connectivity index (χ2v) is 1.59. The first-order chi connectivity index (χ1) is 4.04. The molecule has 0 fully saturated rings. The fourth-order valence-electron chi connectivity index (χ4n) is 0.227. The molecule has 0 amide bonds. The maximum atomic E-state index is 10.3. The minimum Gasteiger partial charge on any atom is -0.391 e. The first-order valence-corrected chi connectivity index (χ1v) is 2.44. The van der Waals surface area contributed by atoms with Crippen LogP contribution in [-0.4, -0.2) is 40.5 Å². The Kier molecular flexibility index (Phi) is 6.68. The third-order valence-electron chi connectivity index (χ3n) is 0.585. The zero-order chi connectivity index (χ0) is 7.44. The lowest BCUT2D eigenvalue weighted by Crippen LogP contribution is -2.21. The third-order valence-corrected chi connectivity index (χ3v) is 0.585. The Balaban J connectivity index is 0. The van der Waals surface area contributed by atoms with Crippen molar-refractivity contribution in [1.82, 2.24) is 0 Å². The second kappa shape index (κ2) is 5.42. The van der Waals surface area contributed by atoms with E-state index in [2.05, 4.69) is 4.74 Å². The van der Waals surface area contributed by atoms with Gasteiger partial charge >= 0.3 is 11.9 Å². The highest BCUT2D eigenvalue weighted by molar-refractivity contribution is 5.86. The Bertz CT molecular complexity index is 132. The van der Waals surface area contributed by atoms with Gasteiger partial charge in [-0.1, -0.05) is 0 Å². The molecule has 0 saturated carbocycles. The van der Waals surface area contributed by atoms with Crippen LogP contribution in [0.3, 0.4) is 0 Å². The number of hydrogen-bond acceptors (Lipinski definition) is 4. The largest absolute Gasteiger partial charge is 0.391 e. The molecule has 0 heterocycles. The summed E-state index contributed by atoms with van der Waals surface area (Å²) in [4.78, 5) is 20.3. The first kappa shape index (κ1) is 12.3. The van der Waals surface area contributed by atoms with Crippen molar-refractivity contribution < 1.29 is 19.4 Å². The summed E-state index contributed by atoms with van der Waals surface area (Å²) in [6.07, 6.45) is -1.23. The average molecular weight is 162 g/mol. The quantitative estimate of drug-likeness (QED) is 0.283. The maximum Gasteiger partial charge on any atom is 0.342 e. The van der Waals surface area contributed by atoms with Gasteiger partial charge in [-0.3, -0.25) is 4.79 Å². The van der Waals surface area contributed by atoms with Crippen molar-refractivity contribution in [2.75, 3.05) is 0 Å². The van der Waals surface area contributed by atoms with Crippen LogP contribution in [-0.2, 0) is 14.3 Å². The summed E-state index contributed by atoms with van der Waals surface area (Å²) in [6.45, 7) is 2.32. The third kappa shape index (κ3) is 5.76. The Hall–Kier alpha value is -0.368. The fourth-order valence-corrected chi connectivity index (χ4v) is 0.227. The lowest BCUT2D eigenvalue weighted by Gasteiger charge is -1.99. The van der Waals surface area contributed by atoms with Crippen LogP contribution >= 0.6 is 0 Å². The smallest absolute Gasteiger partial charge is 0.342 e. The van der Waals surface area contributed by atoms with Crippen molar-refractivity contribution in [3.8, 4) is 0 Å². The van der Waals surface area contributed by atoms with Crippen molar-refractivity contribution in [1.29, 1.82) is 0 Å². The van der Waals surface area contributed by atoms with Crippen LogP contribution in [0.5, 0.6) is 0 Å². The minimum atomic E-state index is -1.23. The molecule has 0 aliphatic rings. The Morgan fingerprint density at radius 1 is 1.50 bits per heavy atom. The Labute approximate surface area is 69.3 Å². The number of aliphatic hydroxyl groups is 1. The van der Waals surface area contributed by atoms with E-state index in [-0.39, 0.29) is 17.4 Å². The number of carbonyl (C=O) groups is 2. The molecule has 0 aromatic heterocycles. The summed E-state index contributed by atoms with van der Waals surface area (Å²) < 4.78 is 3.98. The number of carbonyl (C=O) groups excluding carboxylic acids is 2. The number of esters is 2. The Morgan fingerprint density at radius 2 is 1.90 bits per heavy atom. The number of ether oxygens (including phenoxy) is 1. The molecule has 0 aliphatic carbocycles. The molecule has 0 aromatic rings. The predicted octanol–water partition coefficient (Wildman–Crippen LogP) is -1.73. The summed E-state index contributed by atoms with van der Waals surface area (Å²) in [6, 6.07) is 0. The van der Waals surface area contributed by atoms with Crippen LogP contribution in [0.15, 0.2) is 0 Å². The molecule has 0 saturated heterocycles. The summed E-state index contributed by atoms with van der Waals surface area (Å²) in [7, 11) is 0. The lowest BCUT2D eigenvalue weighted by molar-refractivity contribution is -0.163. The Morgan fingerprint density at radius 3 is 2.00 bits per heavy atom. The van der Waals surface area contributed by atoms with Crippen LogP contribution in [0.2, 0.25) is 0 Å². The number of aliphatic hydroxyl groups excluding tert-OH is 1. The summed E-state index contributed by atoms with van der Waals surface area (Å²) in [5, 5.41) is 8.44. The van der Waals surface area contributed by atoms with E-state index < -0.39 is 18.0 Å². The molecule has 1 unspecified atom stereocenters. The van der Waals surface area contributed by atoms with Crippen molar-refractivity contribution >= 4 is 29.3 Å². The highest BCUT2D eigenvalue weighted by Gasteiger charge is 2.11.